The van der Waals surface area contributed by atoms with Crippen LogP contribution < -0.4 is 11.1 Å². The van der Waals surface area contributed by atoms with Crippen molar-refractivity contribution in [2.75, 3.05) is 18.9 Å². The normalized spacial score (nSPS) is 10.1. The number of rotatable bonds is 10. The molecule has 0 unspecified atom stereocenters. The van der Waals surface area contributed by atoms with Crippen LogP contribution in [0, 0.1) is 0 Å². The molecule has 5 heteroatoms. The largest absolute Gasteiger partial charge is 0.462 e. The Balaban J connectivity index is 1.99. The van der Waals surface area contributed by atoms with Gasteiger partial charge in [0.15, 0.2) is 0 Å². The van der Waals surface area contributed by atoms with Gasteiger partial charge in [0.1, 0.15) is 0 Å². The van der Waals surface area contributed by atoms with E-state index in [2.05, 4.69) is 11.9 Å². The van der Waals surface area contributed by atoms with Crippen LogP contribution in [0.5, 0.6) is 0 Å². The molecule has 3 N–H and O–H groups in total. The van der Waals surface area contributed by atoms with E-state index in [1.165, 1.54) is 0 Å². The number of anilines is 1. The summed E-state index contributed by atoms with van der Waals surface area (Å²) in [4.78, 5) is 23.0. The van der Waals surface area contributed by atoms with E-state index in [9.17, 15) is 9.59 Å². The van der Waals surface area contributed by atoms with Crippen molar-refractivity contribution in [2.45, 2.75) is 39.0 Å². The van der Waals surface area contributed by atoms with Crippen LogP contribution in [-0.2, 0) is 9.53 Å². The number of carbonyl (C=O) groups excluding carboxylic acids is 2. The van der Waals surface area contributed by atoms with E-state index in [4.69, 9.17) is 10.5 Å². The molecule has 0 atom stereocenters. The van der Waals surface area contributed by atoms with E-state index in [1.54, 1.807) is 31.2 Å². The van der Waals surface area contributed by atoms with Gasteiger partial charge >= 0.3 is 5.97 Å². The first-order valence-electron chi connectivity index (χ1n) is 7.97. The number of esters is 1. The minimum atomic E-state index is -0.324. The maximum absolute atomic E-state index is 11.8. The second-order valence-corrected chi connectivity index (χ2v) is 5.56. The van der Waals surface area contributed by atoms with Crippen molar-refractivity contribution >= 4 is 17.6 Å². The minimum absolute atomic E-state index is 0.0725. The molecule has 0 aromatic heterocycles. The average Bonchev–Trinajstić information content (AvgIpc) is 2.53. The summed E-state index contributed by atoms with van der Waals surface area (Å²) in [6.45, 7) is 6.27. The summed E-state index contributed by atoms with van der Waals surface area (Å²) in [6.07, 6.45) is 4.90. The topological polar surface area (TPSA) is 81.4 Å². The molecule has 1 rings (SSSR count). The fourth-order valence-electron chi connectivity index (χ4n) is 1.98. The van der Waals surface area contributed by atoms with Crippen LogP contribution in [0.4, 0.5) is 5.69 Å². The number of hydrogen-bond donors (Lipinski definition) is 2. The van der Waals surface area contributed by atoms with Crippen molar-refractivity contribution in [3.8, 4) is 0 Å². The first-order chi connectivity index (χ1) is 11.0. The maximum atomic E-state index is 11.8. The van der Waals surface area contributed by atoms with E-state index in [0.29, 0.717) is 30.0 Å². The number of nitrogen functional groups attached to an aromatic ring is 1. The molecule has 1 amide bonds. The smallest absolute Gasteiger partial charge is 0.333 e. The Morgan fingerprint density at radius 3 is 2.35 bits per heavy atom. The second-order valence-electron chi connectivity index (χ2n) is 5.56. The maximum Gasteiger partial charge on any atom is 0.333 e. The molecule has 1 aromatic rings. The van der Waals surface area contributed by atoms with Gasteiger partial charge in [0.05, 0.1) is 6.61 Å². The Kier molecular flexibility index (Phi) is 8.50. The third-order valence-electron chi connectivity index (χ3n) is 3.36. The molecule has 0 aliphatic rings. The van der Waals surface area contributed by atoms with Gasteiger partial charge in [0, 0.05) is 23.4 Å². The first kappa shape index (κ1) is 18.7. The Labute approximate surface area is 137 Å². The minimum Gasteiger partial charge on any atom is -0.462 e. The average molecular weight is 318 g/mol. The first-order valence-corrected chi connectivity index (χ1v) is 7.97. The third-order valence-corrected chi connectivity index (χ3v) is 3.36. The monoisotopic (exact) mass is 318 g/mol. The number of ether oxygens (including phenoxy) is 1. The summed E-state index contributed by atoms with van der Waals surface area (Å²) in [6, 6.07) is 6.87. The van der Waals surface area contributed by atoms with Crippen molar-refractivity contribution in [1.82, 2.24) is 5.32 Å². The number of nitrogens with two attached hydrogens (primary N) is 1. The van der Waals surface area contributed by atoms with Gasteiger partial charge in [-0.05, 0) is 44.0 Å². The summed E-state index contributed by atoms with van der Waals surface area (Å²) in [7, 11) is 0. The van der Waals surface area contributed by atoms with Gasteiger partial charge in [-0.15, -0.1) is 0 Å². The molecule has 0 aliphatic carbocycles. The molecule has 0 heterocycles. The van der Waals surface area contributed by atoms with Gasteiger partial charge in [-0.2, -0.15) is 0 Å². The molecule has 1 aromatic carbocycles. The summed E-state index contributed by atoms with van der Waals surface area (Å²) < 4.78 is 5.02. The summed E-state index contributed by atoms with van der Waals surface area (Å²) >= 11 is 0. The Hall–Kier alpha value is -2.30. The van der Waals surface area contributed by atoms with E-state index in [-0.39, 0.29) is 11.9 Å². The lowest BCUT2D eigenvalue weighted by Gasteiger charge is -2.06. The van der Waals surface area contributed by atoms with Crippen LogP contribution in [0.25, 0.3) is 0 Å². The highest BCUT2D eigenvalue weighted by Gasteiger charge is 2.04. The molecule has 0 radical (unpaired) electrons. The SMILES string of the molecule is C=C(C)C(=O)OCCCCCCCNC(=O)c1ccc(N)cc1. The lowest BCUT2D eigenvalue weighted by atomic mass is 10.1. The summed E-state index contributed by atoms with van der Waals surface area (Å²) in [5.41, 5.74) is 7.29. The van der Waals surface area contributed by atoms with Crippen LogP contribution in [0.2, 0.25) is 0 Å². The zero-order valence-corrected chi connectivity index (χ0v) is 13.8. The van der Waals surface area contributed by atoms with E-state index in [1.807, 2.05) is 0 Å². The number of benzene rings is 1. The molecule has 0 aliphatic heterocycles. The zero-order valence-electron chi connectivity index (χ0n) is 13.8. The standard InChI is InChI=1S/C18H26N2O3/c1-14(2)18(22)23-13-7-5-3-4-6-12-20-17(21)15-8-10-16(19)11-9-15/h8-11H,1,3-7,12-13,19H2,2H3,(H,20,21). The van der Waals surface area contributed by atoms with Crippen LogP contribution in [-0.4, -0.2) is 25.0 Å². The van der Waals surface area contributed by atoms with Gasteiger partial charge in [-0.1, -0.05) is 25.8 Å². The number of unbranched alkanes of at least 4 members (excludes halogenated alkanes) is 4. The molecular weight excluding hydrogens is 292 g/mol. The molecule has 23 heavy (non-hydrogen) atoms. The number of carbonyl (C=O) groups is 2. The Morgan fingerprint density at radius 1 is 1.09 bits per heavy atom. The second kappa shape index (κ2) is 10.4. The molecule has 0 saturated carbocycles. The van der Waals surface area contributed by atoms with Gasteiger partial charge in [-0.25, -0.2) is 4.79 Å². The predicted molar refractivity (Wildman–Crippen MR) is 92.0 cm³/mol. The van der Waals surface area contributed by atoms with Crippen LogP contribution in [0.15, 0.2) is 36.4 Å². The fraction of sp³-hybridized carbons (Fsp3) is 0.444. The molecule has 0 saturated heterocycles. The van der Waals surface area contributed by atoms with Crippen molar-refractivity contribution in [1.29, 1.82) is 0 Å². The van der Waals surface area contributed by atoms with Gasteiger partial charge in [-0.3, -0.25) is 4.79 Å². The molecule has 0 fully saturated rings. The van der Waals surface area contributed by atoms with E-state index in [0.717, 1.165) is 32.1 Å². The van der Waals surface area contributed by atoms with Crippen LogP contribution in [0.1, 0.15) is 49.4 Å². The van der Waals surface area contributed by atoms with Crippen molar-refractivity contribution < 1.29 is 14.3 Å². The van der Waals surface area contributed by atoms with E-state index >= 15 is 0 Å². The zero-order chi connectivity index (χ0) is 17.1. The summed E-state index contributed by atoms with van der Waals surface area (Å²) in [5, 5.41) is 2.89. The van der Waals surface area contributed by atoms with Gasteiger partial charge < -0.3 is 15.8 Å². The third kappa shape index (κ3) is 8.04. The lowest BCUT2D eigenvalue weighted by molar-refractivity contribution is -0.139. The Bertz CT molecular complexity index is 524. The predicted octanol–water partition coefficient (Wildman–Crippen LogP) is 3.07. The number of nitrogens with one attached hydrogen (secondary N) is 1. The quantitative estimate of drug-likeness (QED) is 0.301. The number of hydrogen-bond acceptors (Lipinski definition) is 4. The molecule has 5 nitrogen and oxygen atoms in total. The van der Waals surface area contributed by atoms with Crippen molar-refractivity contribution in [2.24, 2.45) is 0 Å². The molecule has 126 valence electrons. The van der Waals surface area contributed by atoms with E-state index < -0.39 is 0 Å². The van der Waals surface area contributed by atoms with Crippen molar-refractivity contribution in [3.63, 3.8) is 0 Å². The van der Waals surface area contributed by atoms with Crippen LogP contribution >= 0.6 is 0 Å². The van der Waals surface area contributed by atoms with Gasteiger partial charge in [0.2, 0.25) is 0 Å². The fourth-order valence-corrected chi connectivity index (χ4v) is 1.98. The highest BCUT2D eigenvalue weighted by atomic mass is 16.5. The highest BCUT2D eigenvalue weighted by molar-refractivity contribution is 5.94. The van der Waals surface area contributed by atoms with Crippen LogP contribution in [0.3, 0.4) is 0 Å². The van der Waals surface area contributed by atoms with Gasteiger partial charge in [0.25, 0.3) is 5.91 Å². The summed E-state index contributed by atoms with van der Waals surface area (Å²) in [5.74, 6) is -0.396. The lowest BCUT2D eigenvalue weighted by Crippen LogP contribution is -2.24. The number of amides is 1. The Morgan fingerprint density at radius 2 is 1.70 bits per heavy atom. The molecule has 0 bridgehead atoms. The molecular formula is C18H26N2O3. The van der Waals surface area contributed by atoms with Crippen molar-refractivity contribution in [3.05, 3.63) is 42.0 Å². The highest BCUT2D eigenvalue weighted by Crippen LogP contribution is 2.06. The molecule has 0 spiro atoms.